The second-order valence-electron chi connectivity index (χ2n) is 5.83. The van der Waals surface area contributed by atoms with Crippen LogP contribution in [0.4, 0.5) is 5.69 Å². The molecular weight excluding hydrogens is 296 g/mol. The number of aryl methyl sites for hydroxylation is 1. The molecule has 1 saturated heterocycles. The van der Waals surface area contributed by atoms with Gasteiger partial charge in [0.25, 0.3) is 0 Å². The number of hydrogen-bond donors (Lipinski definition) is 1. The minimum Gasteiger partial charge on any atom is -0.423 e. The Hall–Kier alpha value is -2.34. The summed E-state index contributed by atoms with van der Waals surface area (Å²) in [5.74, 6) is 0.0333. The first-order valence-corrected chi connectivity index (χ1v) is 7.71. The molecular formula is C17H20N2O4. The van der Waals surface area contributed by atoms with Crippen molar-refractivity contribution >= 4 is 22.6 Å². The molecule has 1 aromatic heterocycles. The van der Waals surface area contributed by atoms with Crippen LogP contribution in [0, 0.1) is 6.92 Å². The molecule has 1 fully saturated rings. The van der Waals surface area contributed by atoms with Gasteiger partial charge in [0.2, 0.25) is 5.91 Å². The maximum atomic E-state index is 12.2. The van der Waals surface area contributed by atoms with Crippen LogP contribution in [0.2, 0.25) is 0 Å². The third-order valence-corrected chi connectivity index (χ3v) is 3.99. The fraction of sp³-hybridized carbons (Fsp3) is 0.412. The lowest BCUT2D eigenvalue weighted by Gasteiger charge is -2.31. The lowest BCUT2D eigenvalue weighted by molar-refractivity contribution is -0.136. The molecule has 23 heavy (non-hydrogen) atoms. The van der Waals surface area contributed by atoms with Crippen LogP contribution in [0.25, 0.3) is 11.0 Å². The summed E-state index contributed by atoms with van der Waals surface area (Å²) in [4.78, 5) is 25.5. The molecule has 1 atom stereocenters. The van der Waals surface area contributed by atoms with Crippen molar-refractivity contribution in [1.82, 2.24) is 4.90 Å². The van der Waals surface area contributed by atoms with Gasteiger partial charge in [-0.15, -0.1) is 0 Å². The molecule has 1 N–H and O–H groups in total. The summed E-state index contributed by atoms with van der Waals surface area (Å²) in [7, 11) is 0. The Labute approximate surface area is 134 Å². The Morgan fingerprint density at radius 1 is 1.39 bits per heavy atom. The first-order valence-electron chi connectivity index (χ1n) is 7.71. The van der Waals surface area contributed by atoms with E-state index >= 15 is 0 Å². The van der Waals surface area contributed by atoms with Crippen molar-refractivity contribution in [1.29, 1.82) is 0 Å². The predicted octanol–water partition coefficient (Wildman–Crippen LogP) is 1.76. The van der Waals surface area contributed by atoms with Crippen LogP contribution < -0.4 is 10.9 Å². The second-order valence-corrected chi connectivity index (χ2v) is 5.83. The summed E-state index contributed by atoms with van der Waals surface area (Å²) < 4.78 is 10.6. The molecule has 0 spiro atoms. The highest BCUT2D eigenvalue weighted by Crippen LogP contribution is 2.20. The van der Waals surface area contributed by atoms with Crippen LogP contribution in [0.15, 0.2) is 33.5 Å². The summed E-state index contributed by atoms with van der Waals surface area (Å²) in [5.41, 5.74) is 1.78. The quantitative estimate of drug-likeness (QED) is 0.874. The number of amides is 1. The molecule has 0 aliphatic carbocycles. The largest absolute Gasteiger partial charge is 0.423 e. The molecule has 0 saturated carbocycles. The van der Waals surface area contributed by atoms with Crippen LogP contribution in [0.5, 0.6) is 0 Å². The summed E-state index contributed by atoms with van der Waals surface area (Å²) in [5, 5.41) is 3.99. The van der Waals surface area contributed by atoms with Gasteiger partial charge in [-0.1, -0.05) is 0 Å². The van der Waals surface area contributed by atoms with E-state index in [0.717, 1.165) is 16.6 Å². The number of anilines is 1. The number of benzene rings is 1. The number of nitrogens with zero attached hydrogens (tertiary/aromatic N) is 1. The summed E-state index contributed by atoms with van der Waals surface area (Å²) in [6, 6.07) is 6.99. The predicted molar refractivity (Wildman–Crippen MR) is 87.7 cm³/mol. The average Bonchev–Trinajstić information content (AvgIpc) is 2.52. The Balaban J connectivity index is 1.69. The zero-order valence-corrected chi connectivity index (χ0v) is 13.3. The van der Waals surface area contributed by atoms with E-state index in [1.807, 2.05) is 26.0 Å². The van der Waals surface area contributed by atoms with Gasteiger partial charge >= 0.3 is 5.63 Å². The Morgan fingerprint density at radius 3 is 3.00 bits per heavy atom. The number of carbonyl (C=O) groups is 1. The monoisotopic (exact) mass is 316 g/mol. The fourth-order valence-electron chi connectivity index (χ4n) is 2.77. The second kappa shape index (κ2) is 6.42. The van der Waals surface area contributed by atoms with Gasteiger partial charge in [-0.25, -0.2) is 4.79 Å². The molecule has 1 aliphatic heterocycles. The van der Waals surface area contributed by atoms with Gasteiger partial charge in [0.1, 0.15) is 5.58 Å². The number of morpholine rings is 1. The minimum atomic E-state index is -0.370. The van der Waals surface area contributed by atoms with E-state index in [0.29, 0.717) is 25.3 Å². The zero-order valence-electron chi connectivity index (χ0n) is 13.3. The van der Waals surface area contributed by atoms with E-state index in [1.54, 1.807) is 11.0 Å². The molecule has 0 unspecified atom stereocenters. The van der Waals surface area contributed by atoms with Crippen molar-refractivity contribution in [2.45, 2.75) is 20.0 Å². The third-order valence-electron chi connectivity index (χ3n) is 3.99. The number of hydrogen-bond acceptors (Lipinski definition) is 5. The molecule has 0 radical (unpaired) electrons. The van der Waals surface area contributed by atoms with Gasteiger partial charge in [-0.05, 0) is 31.5 Å². The Kier molecular flexibility index (Phi) is 4.34. The van der Waals surface area contributed by atoms with Gasteiger partial charge < -0.3 is 19.4 Å². The van der Waals surface area contributed by atoms with Crippen LogP contribution >= 0.6 is 0 Å². The van der Waals surface area contributed by atoms with E-state index < -0.39 is 0 Å². The van der Waals surface area contributed by atoms with E-state index in [9.17, 15) is 9.59 Å². The minimum absolute atomic E-state index is 0.0333. The third kappa shape index (κ3) is 3.53. The van der Waals surface area contributed by atoms with Gasteiger partial charge in [0.05, 0.1) is 19.3 Å². The molecule has 3 rings (SSSR count). The molecule has 122 valence electrons. The SMILES string of the molecule is Cc1cc(=O)oc2cc(NCC(=O)N3CCO[C@@H](C)C3)ccc12. The highest BCUT2D eigenvalue weighted by Gasteiger charge is 2.20. The summed E-state index contributed by atoms with van der Waals surface area (Å²) in [6.07, 6.45) is 0.0746. The van der Waals surface area contributed by atoms with Gasteiger partial charge in [0.15, 0.2) is 0 Å². The first kappa shape index (κ1) is 15.6. The van der Waals surface area contributed by atoms with Gasteiger partial charge in [-0.2, -0.15) is 0 Å². The number of rotatable bonds is 3. The first-order chi connectivity index (χ1) is 11.0. The molecule has 6 nitrogen and oxygen atoms in total. The average molecular weight is 316 g/mol. The molecule has 2 heterocycles. The van der Waals surface area contributed by atoms with E-state index in [-0.39, 0.29) is 24.2 Å². The summed E-state index contributed by atoms with van der Waals surface area (Å²) in [6.45, 7) is 5.85. The normalized spacial score (nSPS) is 18.2. The lowest BCUT2D eigenvalue weighted by Crippen LogP contribution is -2.46. The van der Waals surface area contributed by atoms with Crippen molar-refractivity contribution in [2.75, 3.05) is 31.6 Å². The number of carbonyl (C=O) groups excluding carboxylic acids is 1. The number of fused-ring (bicyclic) bond motifs is 1. The molecule has 1 amide bonds. The highest BCUT2D eigenvalue weighted by molar-refractivity contribution is 5.85. The number of nitrogens with one attached hydrogen (secondary N) is 1. The van der Waals surface area contributed by atoms with E-state index in [2.05, 4.69) is 5.32 Å². The van der Waals surface area contributed by atoms with Crippen molar-refractivity contribution in [3.8, 4) is 0 Å². The van der Waals surface area contributed by atoms with Crippen molar-refractivity contribution in [2.24, 2.45) is 0 Å². The maximum absolute atomic E-state index is 12.2. The van der Waals surface area contributed by atoms with Gasteiger partial charge in [-0.3, -0.25) is 4.79 Å². The van der Waals surface area contributed by atoms with Crippen LogP contribution in [-0.2, 0) is 9.53 Å². The topological polar surface area (TPSA) is 71.8 Å². The van der Waals surface area contributed by atoms with Crippen LogP contribution in [0.1, 0.15) is 12.5 Å². The lowest BCUT2D eigenvalue weighted by atomic mass is 10.1. The van der Waals surface area contributed by atoms with E-state index in [4.69, 9.17) is 9.15 Å². The van der Waals surface area contributed by atoms with Crippen LogP contribution in [-0.4, -0.2) is 43.2 Å². The molecule has 6 heteroatoms. The summed E-state index contributed by atoms with van der Waals surface area (Å²) >= 11 is 0. The fourth-order valence-corrected chi connectivity index (χ4v) is 2.77. The Bertz CT molecular complexity index is 784. The highest BCUT2D eigenvalue weighted by atomic mass is 16.5. The smallest absolute Gasteiger partial charge is 0.336 e. The maximum Gasteiger partial charge on any atom is 0.336 e. The zero-order chi connectivity index (χ0) is 16.4. The van der Waals surface area contributed by atoms with Crippen molar-refractivity contribution in [3.05, 3.63) is 40.2 Å². The molecule has 0 bridgehead atoms. The van der Waals surface area contributed by atoms with Crippen LogP contribution in [0.3, 0.4) is 0 Å². The Morgan fingerprint density at radius 2 is 2.22 bits per heavy atom. The number of ether oxygens (including phenoxy) is 1. The molecule has 2 aromatic rings. The van der Waals surface area contributed by atoms with E-state index in [1.165, 1.54) is 6.07 Å². The van der Waals surface area contributed by atoms with Crippen molar-refractivity contribution < 1.29 is 13.9 Å². The van der Waals surface area contributed by atoms with Crippen molar-refractivity contribution in [3.63, 3.8) is 0 Å². The standard InChI is InChI=1S/C17H20N2O4/c1-11-7-17(21)23-15-8-13(3-4-14(11)15)18-9-16(20)19-5-6-22-12(2)10-19/h3-4,7-8,12,18H,5-6,9-10H2,1-2H3/t12-/m0/s1. The molecule has 1 aromatic carbocycles. The molecule has 1 aliphatic rings. The van der Waals surface area contributed by atoms with Gasteiger partial charge in [0, 0.05) is 36.3 Å².